The van der Waals surface area contributed by atoms with Gasteiger partial charge in [-0.3, -0.25) is 19.7 Å². The summed E-state index contributed by atoms with van der Waals surface area (Å²) in [6.45, 7) is 3.98. The first-order valence-electron chi connectivity index (χ1n) is 13.1. The van der Waals surface area contributed by atoms with Crippen LogP contribution in [0.2, 0.25) is 0 Å². The van der Waals surface area contributed by atoms with E-state index in [2.05, 4.69) is 0 Å². The molecule has 2 saturated heterocycles. The van der Waals surface area contributed by atoms with E-state index in [1.807, 2.05) is 38.1 Å². The summed E-state index contributed by atoms with van der Waals surface area (Å²) >= 11 is 0. The summed E-state index contributed by atoms with van der Waals surface area (Å²) in [6.07, 6.45) is 0.0961. The van der Waals surface area contributed by atoms with Crippen molar-refractivity contribution < 1.29 is 29.3 Å². The van der Waals surface area contributed by atoms with E-state index in [-0.39, 0.29) is 28.9 Å². The summed E-state index contributed by atoms with van der Waals surface area (Å²) in [7, 11) is -1.26. The molecule has 2 heterocycles. The highest BCUT2D eigenvalue weighted by atomic mass is 16.6. The maximum Gasteiger partial charge on any atom is 0.487 e. The van der Waals surface area contributed by atoms with E-state index in [0.29, 0.717) is 23.7 Å². The number of benzene rings is 3. The minimum atomic E-state index is -1.26. The largest absolute Gasteiger partial charge is 0.507 e. The SMILES string of the molecule is CC(C)C1=C2B(O)O[C@H](c3ccc(O)c4ccccc34)C[C@H]2[C@H]2C(=O)N(c3cccc([N+](=O)[O-])c3)C(=O)[C@H]2C1. The van der Waals surface area contributed by atoms with Crippen LogP contribution in [0.1, 0.15) is 38.4 Å². The van der Waals surface area contributed by atoms with Crippen LogP contribution in [0.3, 0.4) is 0 Å². The number of hydrogen-bond donors (Lipinski definition) is 2. The number of phenols is 1. The molecule has 6 rings (SSSR count). The smallest absolute Gasteiger partial charge is 0.487 e. The molecule has 2 N–H and O–H groups in total. The second-order valence-electron chi connectivity index (χ2n) is 10.8. The molecule has 2 fully saturated rings. The van der Waals surface area contributed by atoms with Gasteiger partial charge in [0.05, 0.1) is 28.6 Å². The molecule has 9 nitrogen and oxygen atoms in total. The molecule has 3 aromatic carbocycles. The third-order valence-electron chi connectivity index (χ3n) is 8.42. The van der Waals surface area contributed by atoms with Crippen LogP contribution in [0.5, 0.6) is 5.75 Å². The molecule has 2 aliphatic heterocycles. The lowest BCUT2D eigenvalue weighted by Gasteiger charge is -2.43. The molecule has 2 amide bonds. The van der Waals surface area contributed by atoms with Crippen molar-refractivity contribution in [3.8, 4) is 5.75 Å². The summed E-state index contributed by atoms with van der Waals surface area (Å²) in [5.41, 5.74) is 2.32. The Hall–Kier alpha value is -4.02. The van der Waals surface area contributed by atoms with E-state index in [4.69, 9.17) is 4.65 Å². The predicted octanol–water partition coefficient (Wildman–Crippen LogP) is 4.71. The first-order chi connectivity index (χ1) is 18.7. The number of non-ortho nitro benzene ring substituents is 1. The average molecular weight is 526 g/mol. The van der Waals surface area contributed by atoms with Crippen molar-refractivity contribution in [1.82, 2.24) is 0 Å². The van der Waals surface area contributed by atoms with Crippen LogP contribution >= 0.6 is 0 Å². The number of nitro groups is 1. The van der Waals surface area contributed by atoms with Crippen LogP contribution in [0.15, 0.2) is 71.7 Å². The van der Waals surface area contributed by atoms with Crippen LogP contribution in [0.25, 0.3) is 10.8 Å². The number of imide groups is 1. The second-order valence-corrected chi connectivity index (χ2v) is 10.8. The maximum atomic E-state index is 13.9. The molecule has 0 saturated carbocycles. The van der Waals surface area contributed by atoms with Crippen molar-refractivity contribution in [3.05, 3.63) is 87.4 Å². The van der Waals surface area contributed by atoms with Gasteiger partial charge in [0.1, 0.15) is 5.75 Å². The standard InChI is InChI=1S/C29H27BN2O7/c1-15(2)21-13-23-26(29(35)31(28(23)34)16-6-5-7-17(12-16)32(37)38)22-14-25(39-30(36)27(21)22)20-10-11-24(33)19-9-4-3-8-18(19)20/h3-12,15,22-23,25-26,33,36H,13-14H2,1-2H3/t22-,23-,25-,26+/m0/s1. The van der Waals surface area contributed by atoms with Crippen LogP contribution in [0.4, 0.5) is 11.4 Å². The van der Waals surface area contributed by atoms with Gasteiger partial charge in [-0.2, -0.15) is 0 Å². The third kappa shape index (κ3) is 3.94. The van der Waals surface area contributed by atoms with Crippen molar-refractivity contribution >= 4 is 41.1 Å². The van der Waals surface area contributed by atoms with Crippen LogP contribution in [-0.4, -0.2) is 34.0 Å². The van der Waals surface area contributed by atoms with Crippen LogP contribution < -0.4 is 4.90 Å². The van der Waals surface area contributed by atoms with Crippen LogP contribution in [0, 0.1) is 33.8 Å². The summed E-state index contributed by atoms with van der Waals surface area (Å²) in [4.78, 5) is 39.5. The molecule has 198 valence electrons. The number of amides is 2. The number of carbonyl (C=O) groups excluding carboxylic acids is 2. The predicted molar refractivity (Wildman–Crippen MR) is 145 cm³/mol. The van der Waals surface area contributed by atoms with Gasteiger partial charge in [0.15, 0.2) is 0 Å². The number of allylic oxidation sites excluding steroid dienone is 2. The minimum absolute atomic E-state index is 0.0162. The van der Waals surface area contributed by atoms with Crippen molar-refractivity contribution in [2.24, 2.45) is 23.7 Å². The van der Waals surface area contributed by atoms with E-state index in [9.17, 15) is 29.8 Å². The van der Waals surface area contributed by atoms with E-state index in [0.717, 1.165) is 21.4 Å². The molecule has 0 bridgehead atoms. The number of anilines is 1. The molecule has 4 atom stereocenters. The number of phenolic OH excluding ortho intramolecular Hbond substituents is 1. The molecule has 10 heteroatoms. The lowest BCUT2D eigenvalue weighted by atomic mass is 9.54. The number of carbonyl (C=O) groups is 2. The first kappa shape index (κ1) is 25.3. The van der Waals surface area contributed by atoms with Crippen molar-refractivity contribution in [2.45, 2.75) is 32.8 Å². The van der Waals surface area contributed by atoms with Gasteiger partial charge in [-0.25, -0.2) is 4.90 Å². The van der Waals surface area contributed by atoms with Gasteiger partial charge < -0.3 is 14.8 Å². The number of hydrogen-bond acceptors (Lipinski definition) is 7. The van der Waals surface area contributed by atoms with E-state index >= 15 is 0 Å². The van der Waals surface area contributed by atoms with E-state index in [1.165, 1.54) is 24.3 Å². The molecule has 1 aliphatic carbocycles. The normalized spacial score (nSPS) is 24.9. The van der Waals surface area contributed by atoms with Gasteiger partial charge in [-0.15, -0.1) is 0 Å². The molecule has 3 aromatic rings. The Labute approximate surface area is 225 Å². The fourth-order valence-corrected chi connectivity index (χ4v) is 6.69. The van der Waals surface area contributed by atoms with E-state index < -0.39 is 41.8 Å². The first-order valence-corrected chi connectivity index (χ1v) is 13.1. The Bertz CT molecular complexity index is 1570. The van der Waals surface area contributed by atoms with Crippen molar-refractivity contribution in [3.63, 3.8) is 0 Å². The van der Waals surface area contributed by atoms with Gasteiger partial charge in [0.25, 0.3) is 5.69 Å². The highest BCUT2D eigenvalue weighted by Crippen LogP contribution is 2.53. The van der Waals surface area contributed by atoms with E-state index in [1.54, 1.807) is 12.1 Å². The highest BCUT2D eigenvalue weighted by molar-refractivity contribution is 6.53. The molecule has 0 radical (unpaired) electrons. The minimum Gasteiger partial charge on any atom is -0.507 e. The quantitative estimate of drug-likeness (QED) is 0.218. The number of rotatable bonds is 4. The van der Waals surface area contributed by atoms with Gasteiger partial charge in [0.2, 0.25) is 11.8 Å². The second kappa shape index (κ2) is 9.32. The summed E-state index contributed by atoms with van der Waals surface area (Å²) in [6, 6.07) is 16.3. The zero-order chi connectivity index (χ0) is 27.6. The van der Waals surface area contributed by atoms with Crippen LogP contribution in [-0.2, 0) is 14.2 Å². The summed E-state index contributed by atoms with van der Waals surface area (Å²) in [5.74, 6) is -2.46. The molecular formula is C29H27BN2O7. The fraction of sp³-hybridized carbons (Fsp3) is 0.310. The van der Waals surface area contributed by atoms with Gasteiger partial charge in [-0.05, 0) is 53.2 Å². The zero-order valence-electron chi connectivity index (χ0n) is 21.5. The topological polar surface area (TPSA) is 130 Å². The highest BCUT2D eigenvalue weighted by Gasteiger charge is 2.58. The Morgan fingerprint density at radius 3 is 2.49 bits per heavy atom. The Morgan fingerprint density at radius 1 is 1.03 bits per heavy atom. The van der Waals surface area contributed by atoms with Crippen molar-refractivity contribution in [1.29, 1.82) is 0 Å². The third-order valence-corrected chi connectivity index (χ3v) is 8.42. The van der Waals surface area contributed by atoms with Crippen molar-refractivity contribution in [2.75, 3.05) is 4.90 Å². The average Bonchev–Trinajstić information content (AvgIpc) is 3.18. The molecule has 0 aromatic heterocycles. The Balaban J connectivity index is 1.43. The number of fused-ring (bicyclic) bond motifs is 4. The summed E-state index contributed by atoms with van der Waals surface area (Å²) < 4.78 is 6.17. The van der Waals surface area contributed by atoms with Gasteiger partial charge >= 0.3 is 7.12 Å². The molecule has 39 heavy (non-hydrogen) atoms. The molecule has 3 aliphatic rings. The number of nitrogens with zero attached hydrogens (tertiary/aromatic N) is 2. The maximum absolute atomic E-state index is 13.9. The fourth-order valence-electron chi connectivity index (χ4n) is 6.69. The lowest BCUT2D eigenvalue weighted by Crippen LogP contribution is -2.45. The monoisotopic (exact) mass is 526 g/mol. The Morgan fingerprint density at radius 2 is 1.77 bits per heavy atom. The van der Waals surface area contributed by atoms with Gasteiger partial charge in [-0.1, -0.05) is 55.8 Å². The molecule has 0 spiro atoms. The molecule has 0 unspecified atom stereocenters. The summed E-state index contributed by atoms with van der Waals surface area (Å²) in [5, 5.41) is 34.5. The Kier molecular flexibility index (Phi) is 6.04. The number of aromatic hydroxyl groups is 1. The lowest BCUT2D eigenvalue weighted by molar-refractivity contribution is -0.384. The zero-order valence-corrected chi connectivity index (χ0v) is 21.5. The molecular weight excluding hydrogens is 499 g/mol. The number of nitro benzene ring substituents is 1. The van der Waals surface area contributed by atoms with Gasteiger partial charge in [0, 0.05) is 17.5 Å².